The molecule has 0 saturated heterocycles. The lowest BCUT2D eigenvalue weighted by Gasteiger charge is -2.27. The van der Waals surface area contributed by atoms with Crippen LogP contribution in [0.4, 0.5) is 17.1 Å². The van der Waals surface area contributed by atoms with Crippen molar-refractivity contribution in [3.8, 4) is 11.1 Å². The topological polar surface area (TPSA) is 3.24 Å². The SMILES string of the molecule is c1ccc(-c2cc(N(c3ccc4sc5c6ccccc6ccc5c4c3)c3ccc4sc5ccc6ccccc6c5c4c3)cc3ccccc23)cc1. The molecular weight excluding hydrogens is 655 g/mol. The van der Waals surface area contributed by atoms with Gasteiger partial charge in [0.2, 0.25) is 0 Å². The summed E-state index contributed by atoms with van der Waals surface area (Å²) in [6.45, 7) is 0. The molecule has 0 aliphatic carbocycles. The third-order valence-corrected chi connectivity index (χ3v) is 12.7. The second-order valence-corrected chi connectivity index (χ2v) is 15.4. The van der Waals surface area contributed by atoms with Crippen LogP contribution in [0.25, 0.3) is 83.8 Å². The summed E-state index contributed by atoms with van der Waals surface area (Å²) in [5.41, 5.74) is 5.88. The highest BCUT2D eigenvalue weighted by Gasteiger charge is 2.20. The van der Waals surface area contributed by atoms with E-state index in [1.165, 1.54) is 83.8 Å². The van der Waals surface area contributed by atoms with Gasteiger partial charge in [-0.15, -0.1) is 22.7 Å². The molecule has 2 heterocycles. The van der Waals surface area contributed by atoms with Crippen LogP contribution in [0.15, 0.2) is 176 Å². The van der Waals surface area contributed by atoms with E-state index in [1.54, 1.807) is 0 Å². The summed E-state index contributed by atoms with van der Waals surface area (Å²) < 4.78 is 5.28. The summed E-state index contributed by atoms with van der Waals surface area (Å²) in [5.74, 6) is 0. The first-order chi connectivity index (χ1) is 25.3. The maximum atomic E-state index is 2.47. The molecule has 2 aromatic heterocycles. The summed E-state index contributed by atoms with van der Waals surface area (Å²) >= 11 is 3.77. The van der Waals surface area contributed by atoms with E-state index in [0.29, 0.717) is 0 Å². The third-order valence-electron chi connectivity index (χ3n) is 10.4. The minimum absolute atomic E-state index is 1.14. The molecule has 51 heavy (non-hydrogen) atoms. The number of thiophene rings is 2. The van der Waals surface area contributed by atoms with Crippen LogP contribution >= 0.6 is 22.7 Å². The van der Waals surface area contributed by atoms with E-state index in [0.717, 1.165) is 17.1 Å². The number of fused-ring (bicyclic) bond motifs is 11. The van der Waals surface area contributed by atoms with Gasteiger partial charge in [0.1, 0.15) is 0 Å². The Bertz CT molecular complexity index is 3150. The van der Waals surface area contributed by atoms with E-state index < -0.39 is 0 Å². The van der Waals surface area contributed by atoms with E-state index in [9.17, 15) is 0 Å². The van der Waals surface area contributed by atoms with Gasteiger partial charge in [-0.05, 0) is 98.0 Å². The molecule has 0 aliphatic rings. The van der Waals surface area contributed by atoms with E-state index in [-0.39, 0.29) is 0 Å². The molecule has 0 spiro atoms. The zero-order valence-corrected chi connectivity index (χ0v) is 29.1. The van der Waals surface area contributed by atoms with Crippen molar-refractivity contribution in [1.82, 2.24) is 0 Å². The first kappa shape index (κ1) is 28.8. The van der Waals surface area contributed by atoms with Gasteiger partial charge in [0.25, 0.3) is 0 Å². The molecule has 0 atom stereocenters. The van der Waals surface area contributed by atoms with Gasteiger partial charge in [-0.2, -0.15) is 0 Å². The van der Waals surface area contributed by atoms with Gasteiger partial charge >= 0.3 is 0 Å². The Morgan fingerprint density at radius 1 is 0.333 bits per heavy atom. The summed E-state index contributed by atoms with van der Waals surface area (Å²) in [5, 5.41) is 12.9. The highest BCUT2D eigenvalue weighted by molar-refractivity contribution is 7.27. The van der Waals surface area contributed by atoms with E-state index in [2.05, 4.69) is 181 Å². The molecule has 0 amide bonds. The molecule has 11 aromatic rings. The second-order valence-electron chi connectivity index (χ2n) is 13.3. The summed E-state index contributed by atoms with van der Waals surface area (Å²) in [7, 11) is 0. The van der Waals surface area contributed by atoms with Crippen molar-refractivity contribution in [3.05, 3.63) is 176 Å². The minimum atomic E-state index is 1.14. The number of rotatable bonds is 4. The zero-order chi connectivity index (χ0) is 33.5. The molecule has 1 nitrogen and oxygen atoms in total. The lowest BCUT2D eigenvalue weighted by molar-refractivity contribution is 1.30. The Hall–Kier alpha value is -6.00. The molecule has 0 bridgehead atoms. The van der Waals surface area contributed by atoms with E-state index in [4.69, 9.17) is 0 Å². The van der Waals surface area contributed by atoms with Crippen molar-refractivity contribution in [2.24, 2.45) is 0 Å². The first-order valence-corrected chi connectivity index (χ1v) is 19.0. The lowest BCUT2D eigenvalue weighted by Crippen LogP contribution is -2.10. The van der Waals surface area contributed by atoms with Crippen molar-refractivity contribution in [1.29, 1.82) is 0 Å². The second kappa shape index (κ2) is 11.3. The number of benzene rings is 9. The predicted molar refractivity (Wildman–Crippen MR) is 225 cm³/mol. The Morgan fingerprint density at radius 2 is 0.941 bits per heavy atom. The van der Waals surface area contributed by atoms with Crippen LogP contribution in [0, 0.1) is 0 Å². The molecule has 0 saturated carbocycles. The summed E-state index contributed by atoms with van der Waals surface area (Å²) in [4.78, 5) is 2.47. The number of nitrogens with zero attached hydrogens (tertiary/aromatic N) is 1. The number of hydrogen-bond acceptors (Lipinski definition) is 3. The average molecular weight is 684 g/mol. The van der Waals surface area contributed by atoms with Crippen LogP contribution in [0.1, 0.15) is 0 Å². The van der Waals surface area contributed by atoms with Gasteiger partial charge in [0.05, 0.1) is 0 Å². The highest BCUT2D eigenvalue weighted by Crippen LogP contribution is 2.46. The van der Waals surface area contributed by atoms with Crippen molar-refractivity contribution in [3.63, 3.8) is 0 Å². The Labute approximate surface area is 302 Å². The van der Waals surface area contributed by atoms with Crippen molar-refractivity contribution in [2.45, 2.75) is 0 Å². The smallest absolute Gasteiger partial charge is 0.0474 e. The van der Waals surface area contributed by atoms with Crippen LogP contribution in [-0.4, -0.2) is 0 Å². The van der Waals surface area contributed by atoms with Gasteiger partial charge in [0.15, 0.2) is 0 Å². The maximum absolute atomic E-state index is 2.47. The molecule has 11 rings (SSSR count). The van der Waals surface area contributed by atoms with Crippen LogP contribution in [0.3, 0.4) is 0 Å². The van der Waals surface area contributed by atoms with Gasteiger partial charge in [0, 0.05) is 57.4 Å². The van der Waals surface area contributed by atoms with Gasteiger partial charge in [-0.25, -0.2) is 0 Å². The normalized spacial score (nSPS) is 11.9. The van der Waals surface area contributed by atoms with Gasteiger partial charge in [-0.1, -0.05) is 121 Å². The van der Waals surface area contributed by atoms with Gasteiger partial charge in [-0.3, -0.25) is 0 Å². The van der Waals surface area contributed by atoms with Crippen LogP contribution in [0.5, 0.6) is 0 Å². The number of hydrogen-bond donors (Lipinski definition) is 0. The van der Waals surface area contributed by atoms with E-state index in [1.807, 2.05) is 22.7 Å². The summed E-state index contributed by atoms with van der Waals surface area (Å²) in [6, 6.07) is 65.0. The Balaban J connectivity index is 1.21. The lowest BCUT2D eigenvalue weighted by atomic mass is 9.96. The van der Waals surface area contributed by atoms with E-state index >= 15 is 0 Å². The van der Waals surface area contributed by atoms with Crippen molar-refractivity contribution < 1.29 is 0 Å². The first-order valence-electron chi connectivity index (χ1n) is 17.3. The summed E-state index contributed by atoms with van der Waals surface area (Å²) in [6.07, 6.45) is 0. The van der Waals surface area contributed by atoms with Crippen LogP contribution in [0.2, 0.25) is 0 Å². The predicted octanol–water partition coefficient (Wildman–Crippen LogP) is 15.0. The van der Waals surface area contributed by atoms with Crippen molar-refractivity contribution in [2.75, 3.05) is 4.90 Å². The molecule has 238 valence electrons. The van der Waals surface area contributed by atoms with Crippen LogP contribution < -0.4 is 4.90 Å². The highest BCUT2D eigenvalue weighted by atomic mass is 32.1. The molecule has 0 aliphatic heterocycles. The largest absolute Gasteiger partial charge is 0.310 e. The molecule has 0 fully saturated rings. The molecule has 0 N–H and O–H groups in total. The molecule has 0 unspecified atom stereocenters. The Morgan fingerprint density at radius 3 is 1.75 bits per heavy atom. The Kier molecular flexibility index (Phi) is 6.36. The molecule has 0 radical (unpaired) electrons. The average Bonchev–Trinajstić information content (AvgIpc) is 3.76. The van der Waals surface area contributed by atoms with Gasteiger partial charge < -0.3 is 4.90 Å². The molecule has 9 aromatic carbocycles. The number of anilines is 3. The zero-order valence-electron chi connectivity index (χ0n) is 27.5. The van der Waals surface area contributed by atoms with Crippen molar-refractivity contribution >= 4 is 112 Å². The standard InChI is InChI=1S/C48H29NS2/c1-2-10-30(11-3-1)41-29-36(26-33-14-6-7-15-37(33)41)49(34-20-24-44-42(27-34)40-22-18-32-13-5-9-17-39(32)48(40)51-44)35-21-25-45-43(28-35)47-38-16-8-4-12-31(38)19-23-46(47)50-45/h1-29H. The quantitative estimate of drug-likeness (QED) is 0.178. The molecule has 3 heteroatoms. The fourth-order valence-corrected chi connectivity index (χ4v) is 10.4. The monoisotopic (exact) mass is 683 g/mol. The third kappa shape index (κ3) is 4.52. The fraction of sp³-hybridized carbons (Fsp3) is 0. The fourth-order valence-electron chi connectivity index (χ4n) is 8.03. The minimum Gasteiger partial charge on any atom is -0.310 e. The maximum Gasteiger partial charge on any atom is 0.0474 e. The van der Waals surface area contributed by atoms with Crippen LogP contribution in [-0.2, 0) is 0 Å². The molecular formula is C48H29NS2.